The number of carbonyl (C=O) groups excluding carboxylic acids is 1. The molecule has 2 fully saturated rings. The molecule has 2 atom stereocenters. The summed E-state index contributed by atoms with van der Waals surface area (Å²) in [7, 11) is 0. The number of Topliss-reactive ketones (excluding diaryl/α,β-unsaturated/α-hetero) is 1. The van der Waals surface area contributed by atoms with Crippen LogP contribution in [0.1, 0.15) is 12.0 Å². The Bertz CT molecular complexity index is 419. The van der Waals surface area contributed by atoms with Gasteiger partial charge in [0.15, 0.2) is 5.78 Å². The monoisotopic (exact) mass is 200 g/mol. The van der Waals surface area contributed by atoms with Crippen molar-refractivity contribution in [3.05, 3.63) is 41.5 Å². The minimum Gasteiger partial charge on any atom is -0.369 e. The van der Waals surface area contributed by atoms with Crippen molar-refractivity contribution in [3.63, 3.8) is 0 Å². The molecule has 0 amide bonds. The van der Waals surface area contributed by atoms with Crippen molar-refractivity contribution in [2.24, 2.45) is 5.92 Å². The maximum Gasteiger partial charge on any atom is 0.187 e. The third-order valence-corrected chi connectivity index (χ3v) is 3.12. The van der Waals surface area contributed by atoms with E-state index in [9.17, 15) is 4.79 Å². The van der Waals surface area contributed by atoms with E-state index in [0.717, 1.165) is 24.2 Å². The van der Waals surface area contributed by atoms with Gasteiger partial charge in [0.05, 0.1) is 6.61 Å². The van der Waals surface area contributed by atoms with E-state index >= 15 is 0 Å². The lowest BCUT2D eigenvalue weighted by Gasteiger charge is -2.28. The van der Waals surface area contributed by atoms with Gasteiger partial charge < -0.3 is 4.74 Å². The predicted octanol–water partition coefficient (Wildman–Crippen LogP) is 2.06. The number of hydrogen-bond donors (Lipinski definition) is 0. The Morgan fingerprint density at radius 1 is 1.27 bits per heavy atom. The molecule has 1 heterocycles. The molecule has 1 unspecified atom stereocenters. The topological polar surface area (TPSA) is 26.3 Å². The molecular formula is C13H12O2. The molecule has 2 aliphatic rings. The zero-order chi connectivity index (χ0) is 10.3. The first kappa shape index (κ1) is 8.86. The zero-order valence-electron chi connectivity index (χ0n) is 8.35. The van der Waals surface area contributed by atoms with Crippen LogP contribution in [-0.4, -0.2) is 18.5 Å². The Labute approximate surface area is 88.6 Å². The SMILES string of the molecule is O=C1/C(=C/c2ccccc2)C[C@H]2COC12. The van der Waals surface area contributed by atoms with Crippen molar-refractivity contribution in [1.29, 1.82) is 0 Å². The Morgan fingerprint density at radius 2 is 2.07 bits per heavy atom. The summed E-state index contributed by atoms with van der Waals surface area (Å²) >= 11 is 0. The Kier molecular flexibility index (Phi) is 1.96. The molecule has 2 heteroatoms. The Hall–Kier alpha value is -1.41. The summed E-state index contributed by atoms with van der Waals surface area (Å²) in [6, 6.07) is 9.97. The molecule has 0 aromatic heterocycles. The largest absolute Gasteiger partial charge is 0.369 e. The maximum absolute atomic E-state index is 11.8. The van der Waals surface area contributed by atoms with Crippen molar-refractivity contribution in [2.45, 2.75) is 12.5 Å². The third-order valence-electron chi connectivity index (χ3n) is 3.12. The molecule has 1 aromatic rings. The molecule has 0 spiro atoms. The highest BCUT2D eigenvalue weighted by atomic mass is 16.5. The second kappa shape index (κ2) is 3.31. The highest BCUT2D eigenvalue weighted by Crippen LogP contribution is 2.37. The van der Waals surface area contributed by atoms with Gasteiger partial charge in [0, 0.05) is 5.92 Å². The molecule has 1 aliphatic carbocycles. The highest BCUT2D eigenvalue weighted by Gasteiger charge is 2.45. The van der Waals surface area contributed by atoms with Crippen molar-refractivity contribution >= 4 is 11.9 Å². The molecule has 0 N–H and O–H groups in total. The van der Waals surface area contributed by atoms with E-state index in [1.54, 1.807) is 0 Å². The lowest BCUT2D eigenvalue weighted by molar-refractivity contribution is -0.144. The molecule has 15 heavy (non-hydrogen) atoms. The molecule has 3 rings (SSSR count). The number of carbonyl (C=O) groups is 1. The van der Waals surface area contributed by atoms with Gasteiger partial charge in [-0.15, -0.1) is 0 Å². The molecular weight excluding hydrogens is 188 g/mol. The van der Waals surface area contributed by atoms with Crippen molar-refractivity contribution in [3.8, 4) is 0 Å². The fourth-order valence-corrected chi connectivity index (χ4v) is 2.23. The van der Waals surface area contributed by atoms with E-state index in [4.69, 9.17) is 4.74 Å². The smallest absolute Gasteiger partial charge is 0.187 e. The van der Waals surface area contributed by atoms with Crippen LogP contribution in [0.25, 0.3) is 6.08 Å². The number of benzene rings is 1. The molecule has 0 bridgehead atoms. The summed E-state index contributed by atoms with van der Waals surface area (Å²) in [4.78, 5) is 11.8. The lowest BCUT2D eigenvalue weighted by Crippen LogP contribution is -2.39. The normalized spacial score (nSPS) is 31.5. The van der Waals surface area contributed by atoms with Crippen molar-refractivity contribution in [1.82, 2.24) is 0 Å². The fraction of sp³-hybridized carbons (Fsp3) is 0.308. The molecule has 2 nitrogen and oxygen atoms in total. The van der Waals surface area contributed by atoms with Crippen LogP contribution in [0.3, 0.4) is 0 Å². The number of fused-ring (bicyclic) bond motifs is 1. The number of rotatable bonds is 1. The van der Waals surface area contributed by atoms with E-state index in [2.05, 4.69) is 0 Å². The van der Waals surface area contributed by atoms with Crippen LogP contribution < -0.4 is 0 Å². The van der Waals surface area contributed by atoms with Gasteiger partial charge in [0.1, 0.15) is 6.10 Å². The molecule has 76 valence electrons. The van der Waals surface area contributed by atoms with Gasteiger partial charge >= 0.3 is 0 Å². The average molecular weight is 200 g/mol. The highest BCUT2D eigenvalue weighted by molar-refractivity contribution is 6.05. The fourth-order valence-electron chi connectivity index (χ4n) is 2.23. The second-order valence-electron chi connectivity index (χ2n) is 4.16. The van der Waals surface area contributed by atoms with Gasteiger partial charge in [-0.2, -0.15) is 0 Å². The molecule has 1 saturated carbocycles. The van der Waals surface area contributed by atoms with Crippen LogP contribution in [0.2, 0.25) is 0 Å². The van der Waals surface area contributed by atoms with Gasteiger partial charge in [0.25, 0.3) is 0 Å². The van der Waals surface area contributed by atoms with Crippen molar-refractivity contribution < 1.29 is 9.53 Å². The summed E-state index contributed by atoms with van der Waals surface area (Å²) in [5.41, 5.74) is 2.02. The van der Waals surface area contributed by atoms with Gasteiger partial charge in [-0.3, -0.25) is 4.79 Å². The van der Waals surface area contributed by atoms with Crippen LogP contribution in [0.15, 0.2) is 35.9 Å². The first-order valence-electron chi connectivity index (χ1n) is 5.26. The Morgan fingerprint density at radius 3 is 2.60 bits per heavy atom. The van der Waals surface area contributed by atoms with Crippen LogP contribution in [0, 0.1) is 5.92 Å². The second-order valence-corrected chi connectivity index (χ2v) is 4.16. The van der Waals surface area contributed by atoms with Gasteiger partial charge in [0.2, 0.25) is 0 Å². The first-order valence-corrected chi connectivity index (χ1v) is 5.26. The van der Waals surface area contributed by atoms with E-state index in [1.807, 2.05) is 36.4 Å². The molecule has 1 aromatic carbocycles. The number of hydrogen-bond acceptors (Lipinski definition) is 2. The summed E-state index contributed by atoms with van der Waals surface area (Å²) in [6.45, 7) is 0.753. The summed E-state index contributed by atoms with van der Waals surface area (Å²) in [5, 5.41) is 0. The van der Waals surface area contributed by atoms with Gasteiger partial charge in [-0.05, 0) is 23.6 Å². The van der Waals surface area contributed by atoms with Crippen LogP contribution in [-0.2, 0) is 9.53 Å². The third kappa shape index (κ3) is 1.41. The zero-order valence-corrected chi connectivity index (χ0v) is 8.35. The van der Waals surface area contributed by atoms with E-state index in [1.165, 1.54) is 0 Å². The van der Waals surface area contributed by atoms with Crippen LogP contribution >= 0.6 is 0 Å². The predicted molar refractivity (Wildman–Crippen MR) is 57.3 cm³/mol. The number of ketones is 1. The molecule has 1 aliphatic heterocycles. The Balaban J connectivity index is 1.89. The minimum absolute atomic E-state index is 0.125. The van der Waals surface area contributed by atoms with E-state index < -0.39 is 0 Å². The standard InChI is InChI=1S/C13H12O2/c14-12-10(7-11-8-15-13(11)12)6-9-4-2-1-3-5-9/h1-6,11,13H,7-8H2/b10-6+/t11-,13?/m0/s1. The van der Waals surface area contributed by atoms with E-state index in [-0.39, 0.29) is 11.9 Å². The average Bonchev–Trinajstić information content (AvgIpc) is 2.42. The maximum atomic E-state index is 11.8. The molecule has 1 saturated heterocycles. The van der Waals surface area contributed by atoms with Crippen LogP contribution in [0.4, 0.5) is 0 Å². The van der Waals surface area contributed by atoms with Gasteiger partial charge in [-0.1, -0.05) is 30.3 Å². The summed E-state index contributed by atoms with van der Waals surface area (Å²) in [5.74, 6) is 0.641. The van der Waals surface area contributed by atoms with Gasteiger partial charge in [-0.25, -0.2) is 0 Å². The minimum atomic E-state index is -0.125. The van der Waals surface area contributed by atoms with E-state index in [0.29, 0.717) is 5.92 Å². The van der Waals surface area contributed by atoms with Crippen LogP contribution in [0.5, 0.6) is 0 Å². The lowest BCUT2D eigenvalue weighted by atomic mass is 10.0. The quantitative estimate of drug-likeness (QED) is 0.648. The summed E-state index contributed by atoms with van der Waals surface area (Å²) < 4.78 is 5.24. The first-order chi connectivity index (χ1) is 7.34. The number of ether oxygens (including phenoxy) is 1. The van der Waals surface area contributed by atoms with Crippen molar-refractivity contribution in [2.75, 3.05) is 6.61 Å². The summed E-state index contributed by atoms with van der Waals surface area (Å²) in [6.07, 6.45) is 2.75. The molecule has 0 radical (unpaired) electrons.